The average Bonchev–Trinajstić information content (AvgIpc) is 2.09. The summed E-state index contributed by atoms with van der Waals surface area (Å²) in [5, 5.41) is -0.0260. The van der Waals surface area contributed by atoms with Crippen molar-refractivity contribution >= 4 is 11.6 Å². The smallest absolute Gasteiger partial charge is 0.148 e. The van der Waals surface area contributed by atoms with Crippen molar-refractivity contribution in [3.05, 3.63) is 34.4 Å². The van der Waals surface area contributed by atoms with Gasteiger partial charge in [-0.3, -0.25) is 0 Å². The van der Waals surface area contributed by atoms with Crippen LogP contribution in [-0.4, -0.2) is 6.04 Å². The minimum atomic E-state index is -0.636. The van der Waals surface area contributed by atoms with Crippen molar-refractivity contribution < 1.29 is 8.78 Å². The quantitative estimate of drug-likeness (QED) is 0.720. The summed E-state index contributed by atoms with van der Waals surface area (Å²) in [4.78, 5) is 0. The Bertz CT molecular complexity index is 361. The van der Waals surface area contributed by atoms with Gasteiger partial charge < -0.3 is 5.73 Å². The largest absolute Gasteiger partial charge is 0.328 e. The fraction of sp³-hybridized carbons (Fsp3) is 0.400. The standard InChI is InChI=1S/C10H10ClF2N/c11-7-1-2-8(12)9(10(7)13)5-3-6(14)4-5/h1-2,5-6H,3-4,14H2. The third-order valence-corrected chi connectivity index (χ3v) is 2.95. The van der Waals surface area contributed by atoms with Gasteiger partial charge >= 0.3 is 0 Å². The lowest BCUT2D eigenvalue weighted by atomic mass is 9.76. The molecule has 76 valence electrons. The van der Waals surface area contributed by atoms with E-state index in [1.807, 2.05) is 0 Å². The molecule has 1 aliphatic carbocycles. The van der Waals surface area contributed by atoms with E-state index >= 15 is 0 Å². The van der Waals surface area contributed by atoms with Crippen molar-refractivity contribution in [3.8, 4) is 0 Å². The van der Waals surface area contributed by atoms with Crippen LogP contribution in [0.1, 0.15) is 24.3 Å². The number of hydrogen-bond donors (Lipinski definition) is 1. The van der Waals surface area contributed by atoms with Gasteiger partial charge in [-0.2, -0.15) is 0 Å². The second-order valence-electron chi connectivity index (χ2n) is 3.69. The van der Waals surface area contributed by atoms with E-state index in [0.717, 1.165) is 0 Å². The summed E-state index contributed by atoms with van der Waals surface area (Å²) in [6, 6.07) is 2.50. The first-order valence-electron chi connectivity index (χ1n) is 4.48. The zero-order chi connectivity index (χ0) is 10.3. The molecular weight excluding hydrogens is 208 g/mol. The highest BCUT2D eigenvalue weighted by Crippen LogP contribution is 2.39. The number of halogens is 3. The molecule has 2 rings (SSSR count). The molecule has 14 heavy (non-hydrogen) atoms. The van der Waals surface area contributed by atoms with Crippen LogP contribution >= 0.6 is 11.6 Å². The molecule has 0 spiro atoms. The van der Waals surface area contributed by atoms with Gasteiger partial charge in [-0.1, -0.05) is 11.6 Å². The molecule has 0 saturated heterocycles. The molecule has 1 saturated carbocycles. The Morgan fingerprint density at radius 2 is 1.93 bits per heavy atom. The number of nitrogens with two attached hydrogens (primary N) is 1. The molecular formula is C10H10ClF2N. The molecule has 0 bridgehead atoms. The summed E-state index contributed by atoms with van der Waals surface area (Å²) in [7, 11) is 0. The van der Waals surface area contributed by atoms with E-state index in [1.54, 1.807) is 0 Å². The van der Waals surface area contributed by atoms with E-state index in [0.29, 0.717) is 12.8 Å². The van der Waals surface area contributed by atoms with Crippen molar-refractivity contribution in [1.82, 2.24) is 0 Å². The van der Waals surface area contributed by atoms with E-state index in [-0.39, 0.29) is 22.5 Å². The van der Waals surface area contributed by atoms with Gasteiger partial charge in [0.2, 0.25) is 0 Å². The summed E-state index contributed by atoms with van der Waals surface area (Å²) in [5.74, 6) is -1.27. The molecule has 0 aliphatic heterocycles. The Morgan fingerprint density at radius 3 is 2.50 bits per heavy atom. The average molecular weight is 218 g/mol. The van der Waals surface area contributed by atoms with Crippen molar-refractivity contribution in [3.63, 3.8) is 0 Å². The van der Waals surface area contributed by atoms with Gasteiger partial charge in [0, 0.05) is 11.6 Å². The van der Waals surface area contributed by atoms with Gasteiger partial charge in [0.25, 0.3) is 0 Å². The fourth-order valence-electron chi connectivity index (χ4n) is 1.81. The summed E-state index contributed by atoms with van der Waals surface area (Å²) >= 11 is 5.57. The van der Waals surface area contributed by atoms with Gasteiger partial charge in [-0.15, -0.1) is 0 Å². The van der Waals surface area contributed by atoms with E-state index in [1.165, 1.54) is 12.1 Å². The molecule has 0 aromatic heterocycles. The highest BCUT2D eigenvalue weighted by Gasteiger charge is 2.32. The van der Waals surface area contributed by atoms with E-state index in [9.17, 15) is 8.78 Å². The summed E-state index contributed by atoms with van der Waals surface area (Å²) in [6.45, 7) is 0. The lowest BCUT2D eigenvalue weighted by Crippen LogP contribution is -2.35. The maximum absolute atomic E-state index is 13.4. The van der Waals surface area contributed by atoms with Gasteiger partial charge in [-0.05, 0) is 30.9 Å². The third-order valence-electron chi connectivity index (χ3n) is 2.66. The molecule has 2 N–H and O–H groups in total. The highest BCUT2D eigenvalue weighted by molar-refractivity contribution is 6.30. The minimum absolute atomic E-state index is 0.0260. The molecule has 1 aromatic carbocycles. The Morgan fingerprint density at radius 1 is 1.29 bits per heavy atom. The van der Waals surface area contributed by atoms with Gasteiger partial charge in [0.05, 0.1) is 5.02 Å². The van der Waals surface area contributed by atoms with E-state index in [4.69, 9.17) is 17.3 Å². The van der Waals surface area contributed by atoms with Crippen LogP contribution in [0.3, 0.4) is 0 Å². The zero-order valence-electron chi connectivity index (χ0n) is 7.43. The molecule has 0 heterocycles. The number of hydrogen-bond acceptors (Lipinski definition) is 1. The SMILES string of the molecule is NC1CC(c2c(F)ccc(Cl)c2F)C1. The van der Waals surface area contributed by atoms with Gasteiger partial charge in [0.15, 0.2) is 0 Å². The van der Waals surface area contributed by atoms with Crippen LogP contribution in [0.15, 0.2) is 12.1 Å². The molecule has 1 aliphatic rings. The third kappa shape index (κ3) is 1.51. The van der Waals surface area contributed by atoms with Gasteiger partial charge in [-0.25, -0.2) is 8.78 Å². The topological polar surface area (TPSA) is 26.0 Å². The zero-order valence-corrected chi connectivity index (χ0v) is 8.19. The summed E-state index contributed by atoms with van der Waals surface area (Å²) in [6.07, 6.45) is 1.27. The van der Waals surface area contributed by atoms with Crippen LogP contribution in [-0.2, 0) is 0 Å². The molecule has 1 nitrogen and oxygen atoms in total. The Kier molecular flexibility index (Phi) is 2.45. The molecule has 0 unspecified atom stereocenters. The van der Waals surface area contributed by atoms with Crippen molar-refractivity contribution in [2.45, 2.75) is 24.8 Å². The monoisotopic (exact) mass is 217 g/mol. The Balaban J connectivity index is 2.36. The fourth-order valence-corrected chi connectivity index (χ4v) is 1.98. The Labute approximate surface area is 85.9 Å². The van der Waals surface area contributed by atoms with Crippen LogP contribution in [0.2, 0.25) is 5.02 Å². The van der Waals surface area contributed by atoms with Crippen LogP contribution in [0.5, 0.6) is 0 Å². The molecule has 1 fully saturated rings. The van der Waals surface area contributed by atoms with E-state index < -0.39 is 11.6 Å². The first-order valence-corrected chi connectivity index (χ1v) is 4.86. The lowest BCUT2D eigenvalue weighted by molar-refractivity contribution is 0.332. The van der Waals surface area contributed by atoms with Crippen molar-refractivity contribution in [1.29, 1.82) is 0 Å². The first kappa shape index (κ1) is 9.87. The molecule has 0 amide bonds. The second kappa shape index (κ2) is 3.48. The normalized spacial score (nSPS) is 26.0. The molecule has 0 radical (unpaired) electrons. The minimum Gasteiger partial charge on any atom is -0.328 e. The predicted molar refractivity (Wildman–Crippen MR) is 51.3 cm³/mol. The predicted octanol–water partition coefficient (Wildman–Crippen LogP) is 2.82. The molecule has 1 aromatic rings. The van der Waals surface area contributed by atoms with Crippen LogP contribution in [0.4, 0.5) is 8.78 Å². The lowest BCUT2D eigenvalue weighted by Gasteiger charge is -2.33. The highest BCUT2D eigenvalue weighted by atomic mass is 35.5. The van der Waals surface area contributed by atoms with Crippen LogP contribution in [0, 0.1) is 11.6 Å². The maximum atomic E-state index is 13.4. The number of benzene rings is 1. The maximum Gasteiger partial charge on any atom is 0.148 e. The summed E-state index contributed by atoms with van der Waals surface area (Å²) in [5.41, 5.74) is 5.66. The second-order valence-corrected chi connectivity index (χ2v) is 4.09. The van der Waals surface area contributed by atoms with E-state index in [2.05, 4.69) is 0 Å². The van der Waals surface area contributed by atoms with Crippen molar-refractivity contribution in [2.24, 2.45) is 5.73 Å². The number of rotatable bonds is 1. The van der Waals surface area contributed by atoms with Crippen LogP contribution in [0.25, 0.3) is 0 Å². The summed E-state index contributed by atoms with van der Waals surface area (Å²) < 4.78 is 26.7. The molecule has 4 heteroatoms. The van der Waals surface area contributed by atoms with Crippen molar-refractivity contribution in [2.75, 3.05) is 0 Å². The van der Waals surface area contributed by atoms with Crippen LogP contribution < -0.4 is 5.73 Å². The first-order chi connectivity index (χ1) is 6.59. The molecule has 0 atom stereocenters. The Hall–Kier alpha value is -0.670. The van der Waals surface area contributed by atoms with Gasteiger partial charge in [0.1, 0.15) is 11.6 Å².